The van der Waals surface area contributed by atoms with Gasteiger partial charge >= 0.3 is 5.97 Å². The fourth-order valence-electron chi connectivity index (χ4n) is 3.04. The zero-order valence-electron chi connectivity index (χ0n) is 12.8. The highest BCUT2D eigenvalue weighted by Crippen LogP contribution is 2.37. The largest absolute Gasteiger partial charge is 0.476 e. The van der Waals surface area contributed by atoms with Gasteiger partial charge in [0.25, 0.3) is 5.69 Å². The van der Waals surface area contributed by atoms with Crippen molar-refractivity contribution in [3.05, 3.63) is 70.5 Å². The molecular weight excluding hydrogens is 322 g/mol. The quantitative estimate of drug-likeness (QED) is 0.435. The van der Waals surface area contributed by atoms with Crippen molar-refractivity contribution in [2.24, 2.45) is 0 Å². The van der Waals surface area contributed by atoms with Crippen LogP contribution in [0.25, 0.3) is 32.9 Å². The molecule has 0 bridgehead atoms. The SMILES string of the molecule is O=C(O)c1ncc2[nH]c3ccc([N+](=O)[O-])cc3c2c1-c1ccccc1. The number of aromatic nitrogens is 2. The molecule has 2 N–H and O–H groups in total. The third-order valence-electron chi connectivity index (χ3n) is 4.10. The van der Waals surface area contributed by atoms with Gasteiger partial charge in [0.15, 0.2) is 5.69 Å². The summed E-state index contributed by atoms with van der Waals surface area (Å²) in [5, 5.41) is 21.9. The second-order valence-electron chi connectivity index (χ2n) is 5.55. The summed E-state index contributed by atoms with van der Waals surface area (Å²) < 4.78 is 0. The normalized spacial score (nSPS) is 11.0. The number of aromatic amines is 1. The lowest BCUT2D eigenvalue weighted by atomic mass is 9.98. The van der Waals surface area contributed by atoms with Gasteiger partial charge in [-0.2, -0.15) is 0 Å². The summed E-state index contributed by atoms with van der Waals surface area (Å²) in [6.45, 7) is 0. The van der Waals surface area contributed by atoms with Crippen molar-refractivity contribution in [3.8, 4) is 11.1 Å². The van der Waals surface area contributed by atoms with Gasteiger partial charge in [-0.1, -0.05) is 30.3 Å². The van der Waals surface area contributed by atoms with Gasteiger partial charge in [-0.25, -0.2) is 9.78 Å². The topological polar surface area (TPSA) is 109 Å². The van der Waals surface area contributed by atoms with E-state index in [9.17, 15) is 20.0 Å². The number of carboxylic acid groups (broad SMARTS) is 1. The summed E-state index contributed by atoms with van der Waals surface area (Å²) in [5.74, 6) is -1.15. The molecule has 122 valence electrons. The molecule has 4 rings (SSSR count). The predicted octanol–water partition coefficient (Wildman–Crippen LogP) is 3.99. The molecule has 0 aliphatic carbocycles. The van der Waals surface area contributed by atoms with Crippen molar-refractivity contribution >= 4 is 33.5 Å². The number of nitro groups is 1. The van der Waals surface area contributed by atoms with Crippen molar-refractivity contribution in [2.45, 2.75) is 0 Å². The van der Waals surface area contributed by atoms with Crippen LogP contribution in [0.1, 0.15) is 10.5 Å². The van der Waals surface area contributed by atoms with E-state index in [1.807, 2.05) is 6.07 Å². The van der Waals surface area contributed by atoms with Crippen molar-refractivity contribution in [3.63, 3.8) is 0 Å². The molecule has 7 heteroatoms. The molecule has 0 fully saturated rings. The Labute approximate surface area is 140 Å². The van der Waals surface area contributed by atoms with Gasteiger partial charge in [0.05, 0.1) is 16.6 Å². The third kappa shape index (κ3) is 2.29. The van der Waals surface area contributed by atoms with Crippen LogP contribution in [-0.4, -0.2) is 26.0 Å². The van der Waals surface area contributed by atoms with E-state index in [0.717, 1.165) is 0 Å². The van der Waals surface area contributed by atoms with E-state index < -0.39 is 10.9 Å². The number of benzene rings is 2. The molecule has 2 heterocycles. The van der Waals surface area contributed by atoms with E-state index in [-0.39, 0.29) is 11.4 Å². The minimum absolute atomic E-state index is 0.0545. The van der Waals surface area contributed by atoms with Crippen LogP contribution in [-0.2, 0) is 0 Å². The number of non-ortho nitro benzene ring substituents is 1. The number of carboxylic acids is 1. The summed E-state index contributed by atoms with van der Waals surface area (Å²) in [6, 6.07) is 13.5. The second kappa shape index (κ2) is 5.41. The number of rotatable bonds is 3. The second-order valence-corrected chi connectivity index (χ2v) is 5.55. The van der Waals surface area contributed by atoms with E-state index in [0.29, 0.717) is 32.9 Å². The molecule has 0 atom stereocenters. The number of fused-ring (bicyclic) bond motifs is 3. The average Bonchev–Trinajstić information content (AvgIpc) is 2.99. The zero-order chi connectivity index (χ0) is 17.6. The van der Waals surface area contributed by atoms with Crippen molar-refractivity contribution in [1.82, 2.24) is 9.97 Å². The lowest BCUT2D eigenvalue weighted by Crippen LogP contribution is -2.03. The Morgan fingerprint density at radius 2 is 1.88 bits per heavy atom. The molecule has 0 amide bonds. The molecular formula is C18H11N3O4. The number of hydrogen-bond donors (Lipinski definition) is 2. The number of nitro benzene ring substituents is 1. The summed E-state index contributed by atoms with van der Waals surface area (Å²) >= 11 is 0. The van der Waals surface area contributed by atoms with Crippen molar-refractivity contribution in [1.29, 1.82) is 0 Å². The highest BCUT2D eigenvalue weighted by molar-refractivity contribution is 6.17. The standard InChI is InChI=1S/C18H11N3O4/c22-18(23)17-15(10-4-2-1-3-5-10)16-12-8-11(21(24)25)6-7-13(12)20-14(16)9-19-17/h1-9,20H,(H,22,23). The number of carbonyl (C=O) groups is 1. The third-order valence-corrected chi connectivity index (χ3v) is 4.10. The van der Waals surface area contributed by atoms with E-state index in [2.05, 4.69) is 9.97 Å². The first-order valence-corrected chi connectivity index (χ1v) is 7.44. The smallest absolute Gasteiger partial charge is 0.355 e. The number of aromatic carboxylic acids is 1. The van der Waals surface area contributed by atoms with Crippen LogP contribution in [0, 0.1) is 10.1 Å². The number of hydrogen-bond acceptors (Lipinski definition) is 4. The van der Waals surface area contributed by atoms with Gasteiger partial charge < -0.3 is 10.1 Å². The number of pyridine rings is 1. The Balaban J connectivity index is 2.19. The first-order valence-electron chi connectivity index (χ1n) is 7.44. The molecule has 25 heavy (non-hydrogen) atoms. The summed E-state index contributed by atoms with van der Waals surface area (Å²) in [4.78, 5) is 29.6. The molecule has 4 aromatic rings. The Bertz CT molecular complexity index is 1150. The van der Waals surface area contributed by atoms with Crippen LogP contribution in [0.3, 0.4) is 0 Å². The van der Waals surface area contributed by atoms with Crippen molar-refractivity contribution < 1.29 is 14.8 Å². The fourth-order valence-corrected chi connectivity index (χ4v) is 3.04. The minimum Gasteiger partial charge on any atom is -0.476 e. The first-order chi connectivity index (χ1) is 12.1. The molecule has 0 saturated carbocycles. The van der Waals surface area contributed by atoms with Crippen LogP contribution in [0.15, 0.2) is 54.7 Å². The molecule has 2 aromatic carbocycles. The van der Waals surface area contributed by atoms with Gasteiger partial charge in [0.2, 0.25) is 0 Å². The van der Waals surface area contributed by atoms with Gasteiger partial charge in [-0.3, -0.25) is 10.1 Å². The molecule has 0 aliphatic rings. The highest BCUT2D eigenvalue weighted by atomic mass is 16.6. The predicted molar refractivity (Wildman–Crippen MR) is 92.6 cm³/mol. The fraction of sp³-hybridized carbons (Fsp3) is 0. The summed E-state index contributed by atoms with van der Waals surface area (Å²) in [6.07, 6.45) is 1.44. The Kier molecular flexibility index (Phi) is 3.21. The maximum atomic E-state index is 11.7. The molecule has 0 saturated heterocycles. The summed E-state index contributed by atoms with van der Waals surface area (Å²) in [7, 11) is 0. The van der Waals surface area contributed by atoms with Crippen LogP contribution < -0.4 is 0 Å². The molecule has 0 unspecified atom stereocenters. The van der Waals surface area contributed by atoms with Gasteiger partial charge in [0, 0.05) is 34.0 Å². The Hall–Kier alpha value is -3.74. The molecule has 0 aliphatic heterocycles. The monoisotopic (exact) mass is 333 g/mol. The maximum absolute atomic E-state index is 11.7. The van der Waals surface area contributed by atoms with Crippen molar-refractivity contribution in [2.75, 3.05) is 0 Å². The molecule has 0 radical (unpaired) electrons. The van der Waals surface area contributed by atoms with E-state index >= 15 is 0 Å². The number of nitrogens with one attached hydrogen (secondary N) is 1. The van der Waals surface area contributed by atoms with Crippen LogP contribution >= 0.6 is 0 Å². The number of nitrogens with zero attached hydrogens (tertiary/aromatic N) is 2. The number of H-pyrrole nitrogens is 1. The Morgan fingerprint density at radius 3 is 2.56 bits per heavy atom. The molecule has 2 aromatic heterocycles. The average molecular weight is 333 g/mol. The van der Waals surface area contributed by atoms with Gasteiger partial charge in [0.1, 0.15) is 0 Å². The lowest BCUT2D eigenvalue weighted by Gasteiger charge is -2.08. The van der Waals surface area contributed by atoms with Crippen LogP contribution in [0.2, 0.25) is 0 Å². The van der Waals surface area contributed by atoms with E-state index in [4.69, 9.17) is 0 Å². The lowest BCUT2D eigenvalue weighted by molar-refractivity contribution is -0.384. The summed E-state index contributed by atoms with van der Waals surface area (Å²) in [5.41, 5.74) is 2.29. The minimum atomic E-state index is -1.15. The zero-order valence-corrected chi connectivity index (χ0v) is 12.8. The maximum Gasteiger partial charge on any atom is 0.355 e. The molecule has 0 spiro atoms. The first kappa shape index (κ1) is 14.8. The van der Waals surface area contributed by atoms with E-state index in [1.165, 1.54) is 18.3 Å². The van der Waals surface area contributed by atoms with Gasteiger partial charge in [-0.05, 0) is 11.6 Å². The Morgan fingerprint density at radius 1 is 1.12 bits per heavy atom. The molecule has 7 nitrogen and oxygen atoms in total. The van der Waals surface area contributed by atoms with Crippen LogP contribution in [0.5, 0.6) is 0 Å². The van der Waals surface area contributed by atoms with Gasteiger partial charge in [-0.15, -0.1) is 0 Å². The highest BCUT2D eigenvalue weighted by Gasteiger charge is 2.21. The van der Waals surface area contributed by atoms with Crippen LogP contribution in [0.4, 0.5) is 5.69 Å². The van der Waals surface area contributed by atoms with E-state index in [1.54, 1.807) is 30.3 Å².